The predicted molar refractivity (Wildman–Crippen MR) is 86.0 cm³/mol. The lowest BCUT2D eigenvalue weighted by Gasteiger charge is -2.27. The molecule has 2 N–H and O–H groups in total. The molecule has 22 heavy (non-hydrogen) atoms. The van der Waals surface area contributed by atoms with Crippen molar-refractivity contribution in [1.82, 2.24) is 5.32 Å². The van der Waals surface area contributed by atoms with Crippen LogP contribution in [0.3, 0.4) is 0 Å². The van der Waals surface area contributed by atoms with Gasteiger partial charge in [-0.15, -0.1) is 0 Å². The van der Waals surface area contributed by atoms with Crippen LogP contribution in [0.1, 0.15) is 46.2 Å². The lowest BCUT2D eigenvalue weighted by Crippen LogP contribution is -2.37. The molecule has 5 nitrogen and oxygen atoms in total. The number of carbonyl (C=O) groups excluding carboxylic acids is 1. The Kier molecular flexibility index (Phi) is 6.68. The van der Waals surface area contributed by atoms with E-state index in [2.05, 4.69) is 5.32 Å². The lowest BCUT2D eigenvalue weighted by molar-refractivity contribution is 0.0488. The number of nitrogens with one attached hydrogen (secondary N) is 1. The first-order valence-electron chi connectivity index (χ1n) is 7.56. The van der Waals surface area contributed by atoms with Crippen LogP contribution in [0, 0.1) is 5.92 Å². The van der Waals surface area contributed by atoms with Crippen LogP contribution in [0.25, 0.3) is 0 Å². The minimum absolute atomic E-state index is 0.0554. The summed E-state index contributed by atoms with van der Waals surface area (Å²) in [6.07, 6.45) is -0.455. The van der Waals surface area contributed by atoms with Crippen molar-refractivity contribution in [2.24, 2.45) is 5.92 Å². The lowest BCUT2D eigenvalue weighted by atomic mass is 9.95. The van der Waals surface area contributed by atoms with Crippen molar-refractivity contribution in [2.45, 2.75) is 46.3 Å². The second-order valence-electron chi connectivity index (χ2n) is 6.48. The average molecular weight is 309 g/mol. The van der Waals surface area contributed by atoms with Crippen molar-refractivity contribution in [1.29, 1.82) is 0 Å². The van der Waals surface area contributed by atoms with Gasteiger partial charge in [-0.3, -0.25) is 0 Å². The van der Waals surface area contributed by atoms with Crippen LogP contribution in [0.15, 0.2) is 24.3 Å². The molecule has 1 amide bonds. The van der Waals surface area contributed by atoms with Crippen LogP contribution in [0.5, 0.6) is 5.75 Å². The van der Waals surface area contributed by atoms with E-state index in [4.69, 9.17) is 14.6 Å². The molecule has 1 atom stereocenters. The summed E-state index contributed by atoms with van der Waals surface area (Å²) >= 11 is 0. The summed E-state index contributed by atoms with van der Waals surface area (Å²) in [5.74, 6) is 0.817. The zero-order chi connectivity index (χ0) is 16.8. The quantitative estimate of drug-likeness (QED) is 0.846. The van der Waals surface area contributed by atoms with E-state index in [1.54, 1.807) is 0 Å². The Bertz CT molecular complexity index is 480. The van der Waals surface area contributed by atoms with Gasteiger partial charge in [-0.25, -0.2) is 4.79 Å². The molecule has 1 aromatic carbocycles. The van der Waals surface area contributed by atoms with E-state index in [1.165, 1.54) is 0 Å². The Morgan fingerprint density at radius 2 is 1.91 bits per heavy atom. The molecule has 0 saturated carbocycles. The van der Waals surface area contributed by atoms with Gasteiger partial charge in [0.1, 0.15) is 18.0 Å². The van der Waals surface area contributed by atoms with Crippen LogP contribution in [-0.2, 0) is 4.74 Å². The number of benzene rings is 1. The summed E-state index contributed by atoms with van der Waals surface area (Å²) in [4.78, 5) is 12.1. The topological polar surface area (TPSA) is 67.8 Å². The predicted octanol–water partition coefficient (Wildman–Crippen LogP) is 3.28. The molecular formula is C17H27NO4. The number of hydrogen-bond donors (Lipinski definition) is 2. The highest BCUT2D eigenvalue weighted by molar-refractivity contribution is 5.68. The molecule has 0 radical (unpaired) electrons. The number of amides is 1. The van der Waals surface area contributed by atoms with Gasteiger partial charge < -0.3 is 19.9 Å². The fourth-order valence-corrected chi connectivity index (χ4v) is 2.06. The minimum Gasteiger partial charge on any atom is -0.491 e. The highest BCUT2D eigenvalue weighted by Gasteiger charge is 2.24. The molecule has 0 aliphatic carbocycles. The Morgan fingerprint density at radius 1 is 1.27 bits per heavy atom. The summed E-state index contributed by atoms with van der Waals surface area (Å²) < 4.78 is 10.9. The van der Waals surface area contributed by atoms with Gasteiger partial charge >= 0.3 is 6.09 Å². The summed E-state index contributed by atoms with van der Waals surface area (Å²) in [7, 11) is 0. The second-order valence-corrected chi connectivity index (χ2v) is 6.48. The van der Waals surface area contributed by atoms with E-state index < -0.39 is 11.7 Å². The number of ether oxygens (including phenoxy) is 2. The van der Waals surface area contributed by atoms with Gasteiger partial charge in [0, 0.05) is 5.56 Å². The van der Waals surface area contributed by atoms with Crippen LogP contribution < -0.4 is 10.1 Å². The maximum Gasteiger partial charge on any atom is 0.408 e. The molecular weight excluding hydrogens is 282 g/mol. The maximum absolute atomic E-state index is 12.1. The molecule has 0 aromatic heterocycles. The number of carbonyl (C=O) groups is 1. The number of aliphatic hydroxyl groups excluding tert-OH is 1. The molecule has 124 valence electrons. The summed E-state index contributed by atoms with van der Waals surface area (Å²) in [5.41, 5.74) is 0.329. The van der Waals surface area contributed by atoms with Gasteiger partial charge in [0.2, 0.25) is 0 Å². The van der Waals surface area contributed by atoms with Crippen LogP contribution >= 0.6 is 0 Å². The first-order chi connectivity index (χ1) is 10.2. The van der Waals surface area contributed by atoms with E-state index in [-0.39, 0.29) is 25.2 Å². The molecule has 0 aliphatic heterocycles. The number of alkyl carbamates (subject to hydrolysis) is 1. The molecule has 0 spiro atoms. The van der Waals surface area contributed by atoms with E-state index >= 15 is 0 Å². The largest absolute Gasteiger partial charge is 0.491 e. The van der Waals surface area contributed by atoms with Gasteiger partial charge in [0.15, 0.2) is 0 Å². The Hall–Kier alpha value is -1.75. The fraction of sp³-hybridized carbons (Fsp3) is 0.588. The number of hydrogen-bond acceptors (Lipinski definition) is 4. The van der Waals surface area contributed by atoms with E-state index in [9.17, 15) is 4.79 Å². The standard InChI is InChI=1S/C17H27NO4/c1-12(2)15(18-16(20)22-17(3,4)5)13-8-6-7-9-14(13)21-11-10-19/h6-9,12,15,19H,10-11H2,1-5H3,(H,18,20)/t15-/m1/s1. The summed E-state index contributed by atoms with van der Waals surface area (Å²) in [6.45, 7) is 9.68. The molecule has 0 unspecified atom stereocenters. The maximum atomic E-state index is 12.1. The molecule has 0 saturated heterocycles. The monoisotopic (exact) mass is 309 g/mol. The molecule has 5 heteroatoms. The van der Waals surface area contributed by atoms with E-state index in [1.807, 2.05) is 58.9 Å². The summed E-state index contributed by atoms with van der Waals surface area (Å²) in [5, 5.41) is 11.8. The molecule has 0 heterocycles. The third kappa shape index (κ3) is 5.93. The van der Waals surface area contributed by atoms with Crippen molar-refractivity contribution >= 4 is 6.09 Å². The fourth-order valence-electron chi connectivity index (χ4n) is 2.06. The Balaban J connectivity index is 2.94. The van der Waals surface area contributed by atoms with E-state index in [0.717, 1.165) is 5.56 Å². The normalized spacial score (nSPS) is 12.9. The van der Waals surface area contributed by atoms with Crippen LogP contribution in [0.4, 0.5) is 4.79 Å². The van der Waals surface area contributed by atoms with Crippen molar-refractivity contribution in [3.8, 4) is 5.75 Å². The third-order valence-corrected chi connectivity index (χ3v) is 2.94. The smallest absolute Gasteiger partial charge is 0.408 e. The highest BCUT2D eigenvalue weighted by Crippen LogP contribution is 2.30. The molecule has 0 aliphatic rings. The molecule has 0 bridgehead atoms. The van der Waals surface area contributed by atoms with Gasteiger partial charge in [-0.05, 0) is 32.8 Å². The third-order valence-electron chi connectivity index (χ3n) is 2.94. The minimum atomic E-state index is -0.543. The van der Waals surface area contributed by atoms with Gasteiger partial charge in [-0.2, -0.15) is 0 Å². The Morgan fingerprint density at radius 3 is 2.45 bits per heavy atom. The van der Waals surface area contributed by atoms with Crippen molar-refractivity contribution < 1.29 is 19.4 Å². The van der Waals surface area contributed by atoms with Crippen LogP contribution in [-0.4, -0.2) is 30.0 Å². The number of rotatable bonds is 6. The zero-order valence-corrected chi connectivity index (χ0v) is 14.1. The first-order valence-corrected chi connectivity index (χ1v) is 7.56. The van der Waals surface area contributed by atoms with E-state index in [0.29, 0.717) is 5.75 Å². The van der Waals surface area contributed by atoms with Crippen molar-refractivity contribution in [2.75, 3.05) is 13.2 Å². The second kappa shape index (κ2) is 8.03. The van der Waals surface area contributed by atoms with Crippen molar-refractivity contribution in [3.05, 3.63) is 29.8 Å². The highest BCUT2D eigenvalue weighted by atomic mass is 16.6. The number of para-hydroxylation sites is 1. The SMILES string of the molecule is CC(C)[C@@H](NC(=O)OC(C)(C)C)c1ccccc1OCCO. The first kappa shape index (κ1) is 18.3. The number of aliphatic hydroxyl groups is 1. The van der Waals surface area contributed by atoms with Gasteiger partial charge in [0.05, 0.1) is 12.6 Å². The van der Waals surface area contributed by atoms with Gasteiger partial charge in [0.25, 0.3) is 0 Å². The molecule has 0 fully saturated rings. The average Bonchev–Trinajstić information content (AvgIpc) is 2.41. The van der Waals surface area contributed by atoms with Gasteiger partial charge in [-0.1, -0.05) is 32.0 Å². The van der Waals surface area contributed by atoms with Crippen molar-refractivity contribution in [3.63, 3.8) is 0 Å². The van der Waals surface area contributed by atoms with Crippen LogP contribution in [0.2, 0.25) is 0 Å². The Labute approximate surface area is 132 Å². The molecule has 1 rings (SSSR count). The molecule has 1 aromatic rings. The summed E-state index contributed by atoms with van der Waals surface area (Å²) in [6, 6.07) is 7.27. The zero-order valence-electron chi connectivity index (χ0n) is 14.1.